The van der Waals surface area contributed by atoms with Crippen molar-refractivity contribution in [1.82, 2.24) is 5.32 Å². The summed E-state index contributed by atoms with van der Waals surface area (Å²) in [4.78, 5) is 24.5. The summed E-state index contributed by atoms with van der Waals surface area (Å²) >= 11 is 0. The minimum Gasteiger partial charge on any atom is -0.466 e. The third kappa shape index (κ3) is 57.2. The number of hydrogen-bond acceptors (Lipinski definition) is 5. The van der Waals surface area contributed by atoms with Gasteiger partial charge in [0, 0.05) is 12.8 Å². The Kier molecular flexibility index (Phi) is 59.0. The summed E-state index contributed by atoms with van der Waals surface area (Å²) in [5, 5.41) is 23.2. The van der Waals surface area contributed by atoms with Crippen LogP contribution in [0, 0.1) is 0 Å². The number of amides is 1. The van der Waals surface area contributed by atoms with Gasteiger partial charge in [0.05, 0.1) is 25.4 Å². The quantitative estimate of drug-likeness (QED) is 0.0321. The normalized spacial score (nSPS) is 12.8. The number of ether oxygens (including phenoxy) is 1. The van der Waals surface area contributed by atoms with Crippen molar-refractivity contribution in [3.8, 4) is 0 Å². The van der Waals surface area contributed by atoms with Crippen LogP contribution in [0.5, 0.6) is 0 Å². The van der Waals surface area contributed by atoms with Crippen molar-refractivity contribution in [1.29, 1.82) is 0 Å². The predicted octanol–water partition coefficient (Wildman–Crippen LogP) is 20.0. The fourth-order valence-corrected chi connectivity index (χ4v) is 9.74. The molecular weight excluding hydrogens is 875 g/mol. The monoisotopic (exact) mass is 998 g/mol. The average Bonchev–Trinajstić information content (AvgIpc) is 3.37. The van der Waals surface area contributed by atoms with E-state index < -0.39 is 12.1 Å². The maximum Gasteiger partial charge on any atom is 0.305 e. The summed E-state index contributed by atoms with van der Waals surface area (Å²) in [5.74, 6) is -0.0951. The Morgan fingerprint density at radius 1 is 0.380 bits per heavy atom. The Hall–Kier alpha value is -1.92. The van der Waals surface area contributed by atoms with Gasteiger partial charge in [-0.15, -0.1) is 0 Å². The Bertz CT molecular complexity index is 1150. The third-order valence-electron chi connectivity index (χ3n) is 14.6. The van der Waals surface area contributed by atoms with Crippen LogP contribution in [0.15, 0.2) is 36.5 Å². The van der Waals surface area contributed by atoms with Gasteiger partial charge in [-0.3, -0.25) is 9.59 Å². The largest absolute Gasteiger partial charge is 0.466 e. The van der Waals surface area contributed by atoms with Crippen LogP contribution in [0.25, 0.3) is 0 Å². The van der Waals surface area contributed by atoms with Crippen LogP contribution in [0.2, 0.25) is 0 Å². The number of carbonyl (C=O) groups excluding carboxylic acids is 2. The molecule has 6 nitrogen and oxygen atoms in total. The van der Waals surface area contributed by atoms with E-state index in [1.54, 1.807) is 6.08 Å². The van der Waals surface area contributed by atoms with Crippen molar-refractivity contribution in [2.45, 2.75) is 353 Å². The lowest BCUT2D eigenvalue weighted by atomic mass is 10.0. The number of esters is 1. The van der Waals surface area contributed by atoms with Crippen LogP contribution < -0.4 is 5.32 Å². The van der Waals surface area contributed by atoms with Gasteiger partial charge >= 0.3 is 5.97 Å². The molecule has 2 atom stereocenters. The number of allylic oxidation sites excluding steroid dienone is 5. The lowest BCUT2D eigenvalue weighted by Crippen LogP contribution is -2.45. The second kappa shape index (κ2) is 60.6. The van der Waals surface area contributed by atoms with Gasteiger partial charge in [-0.25, -0.2) is 0 Å². The van der Waals surface area contributed by atoms with Gasteiger partial charge < -0.3 is 20.3 Å². The molecule has 0 aliphatic carbocycles. The molecule has 3 N–H and O–H groups in total. The van der Waals surface area contributed by atoms with Crippen LogP contribution in [0.4, 0.5) is 0 Å². The number of nitrogens with one attached hydrogen (secondary N) is 1. The van der Waals surface area contributed by atoms with Gasteiger partial charge in [0.2, 0.25) is 5.91 Å². The molecule has 1 amide bonds. The zero-order chi connectivity index (χ0) is 51.4. The van der Waals surface area contributed by atoms with Crippen LogP contribution >= 0.6 is 0 Å². The molecule has 0 aliphatic rings. The summed E-state index contributed by atoms with van der Waals surface area (Å²) in [6.45, 7) is 4.88. The SMILES string of the molecule is CCCCCC/C=C\CCCCCCCC(=O)OCCCCCCCCC/C=C\CCCCCCCC(=O)NC(CO)C(O)/C=C/CCCCCCCCCCCCCCCCCCCCCCCCC. The molecule has 0 aromatic carbocycles. The van der Waals surface area contributed by atoms with E-state index in [4.69, 9.17) is 4.74 Å². The summed E-state index contributed by atoms with van der Waals surface area (Å²) in [6.07, 6.45) is 76.1. The number of carbonyl (C=O) groups is 2. The second-order valence-corrected chi connectivity index (χ2v) is 21.7. The van der Waals surface area contributed by atoms with Crippen molar-refractivity contribution in [3.63, 3.8) is 0 Å². The smallest absolute Gasteiger partial charge is 0.305 e. The minimum atomic E-state index is -0.857. The standard InChI is InChI=1S/C65H123NO5/c1-3-5-7-9-11-13-15-17-18-19-20-21-22-23-24-25-26-27-30-34-37-41-45-49-53-57-63(68)62(61-67)66-64(69)58-54-50-46-42-38-35-31-28-29-32-36-40-44-48-52-56-60-71-65(70)59-55-51-47-43-39-33-16-14-12-10-8-6-4-2/h14,16,28,31,53,57,62-63,67-68H,3-13,15,17-27,29-30,32-52,54-56,58-61H2,1-2H3,(H,66,69)/b16-14-,31-28-,57-53+. The minimum absolute atomic E-state index is 0.0127. The molecule has 0 bridgehead atoms. The third-order valence-corrected chi connectivity index (χ3v) is 14.6. The van der Waals surface area contributed by atoms with Crippen molar-refractivity contribution in [3.05, 3.63) is 36.5 Å². The van der Waals surface area contributed by atoms with Crippen LogP contribution in [0.1, 0.15) is 341 Å². The highest BCUT2D eigenvalue weighted by Crippen LogP contribution is 2.17. The van der Waals surface area contributed by atoms with Crippen LogP contribution in [-0.2, 0) is 14.3 Å². The molecule has 0 saturated heterocycles. The number of rotatable bonds is 59. The molecule has 2 unspecified atom stereocenters. The van der Waals surface area contributed by atoms with Gasteiger partial charge in [0.25, 0.3) is 0 Å². The zero-order valence-electron chi connectivity index (χ0n) is 47.7. The zero-order valence-corrected chi connectivity index (χ0v) is 47.7. The van der Waals surface area contributed by atoms with E-state index >= 15 is 0 Å². The molecule has 0 heterocycles. The highest BCUT2D eigenvalue weighted by Gasteiger charge is 2.18. The second-order valence-electron chi connectivity index (χ2n) is 21.7. The molecule has 418 valence electrons. The first-order chi connectivity index (χ1) is 35.0. The summed E-state index contributed by atoms with van der Waals surface area (Å²) < 4.78 is 5.46. The van der Waals surface area contributed by atoms with Gasteiger partial charge in [-0.2, -0.15) is 0 Å². The first kappa shape index (κ1) is 69.1. The number of hydrogen-bond donors (Lipinski definition) is 3. The fourth-order valence-electron chi connectivity index (χ4n) is 9.74. The maximum atomic E-state index is 12.5. The van der Waals surface area contributed by atoms with E-state index in [9.17, 15) is 19.8 Å². The first-order valence-electron chi connectivity index (χ1n) is 31.8. The fraction of sp³-hybridized carbons (Fsp3) is 0.877. The lowest BCUT2D eigenvalue weighted by Gasteiger charge is -2.20. The van der Waals surface area contributed by atoms with E-state index in [1.165, 1.54) is 250 Å². The van der Waals surface area contributed by atoms with Gasteiger partial charge in [-0.05, 0) is 83.5 Å². The molecule has 0 fully saturated rings. The van der Waals surface area contributed by atoms with Crippen molar-refractivity contribution in [2.75, 3.05) is 13.2 Å². The van der Waals surface area contributed by atoms with Crippen molar-refractivity contribution in [2.24, 2.45) is 0 Å². The van der Waals surface area contributed by atoms with Crippen LogP contribution in [-0.4, -0.2) is 47.4 Å². The number of aliphatic hydroxyl groups excluding tert-OH is 2. The Balaban J connectivity index is 3.50. The Morgan fingerprint density at radius 2 is 0.662 bits per heavy atom. The Morgan fingerprint density at radius 3 is 1.01 bits per heavy atom. The van der Waals surface area contributed by atoms with Crippen LogP contribution in [0.3, 0.4) is 0 Å². The van der Waals surface area contributed by atoms with Crippen molar-refractivity contribution < 1.29 is 24.5 Å². The summed E-state index contributed by atoms with van der Waals surface area (Å²) in [6, 6.07) is -0.642. The molecule has 0 aliphatic heterocycles. The molecule has 0 rings (SSSR count). The van der Waals surface area contributed by atoms with E-state index in [1.807, 2.05) is 6.08 Å². The molecule has 0 saturated carbocycles. The maximum absolute atomic E-state index is 12.5. The topological polar surface area (TPSA) is 95.9 Å². The average molecular weight is 999 g/mol. The van der Waals surface area contributed by atoms with Gasteiger partial charge in [-0.1, -0.05) is 281 Å². The molecule has 0 aromatic heterocycles. The first-order valence-corrected chi connectivity index (χ1v) is 31.8. The number of unbranched alkanes of at least 4 members (excludes halogenated alkanes) is 44. The highest BCUT2D eigenvalue weighted by atomic mass is 16.5. The molecule has 6 heteroatoms. The van der Waals surface area contributed by atoms with Gasteiger partial charge in [0.15, 0.2) is 0 Å². The lowest BCUT2D eigenvalue weighted by molar-refractivity contribution is -0.143. The molecule has 0 aromatic rings. The van der Waals surface area contributed by atoms with E-state index in [0.29, 0.717) is 19.4 Å². The summed E-state index contributed by atoms with van der Waals surface area (Å²) in [7, 11) is 0. The Labute approximate surface area is 443 Å². The number of aliphatic hydroxyl groups is 2. The predicted molar refractivity (Wildman–Crippen MR) is 310 cm³/mol. The van der Waals surface area contributed by atoms with E-state index in [0.717, 1.165) is 64.2 Å². The molecule has 71 heavy (non-hydrogen) atoms. The van der Waals surface area contributed by atoms with E-state index in [2.05, 4.69) is 43.5 Å². The van der Waals surface area contributed by atoms with Gasteiger partial charge in [0.1, 0.15) is 0 Å². The van der Waals surface area contributed by atoms with Crippen molar-refractivity contribution >= 4 is 11.9 Å². The molecule has 0 radical (unpaired) electrons. The van der Waals surface area contributed by atoms with E-state index in [-0.39, 0.29) is 18.5 Å². The highest BCUT2D eigenvalue weighted by molar-refractivity contribution is 5.76. The molecular formula is C65H123NO5. The molecule has 0 spiro atoms. The summed E-state index contributed by atoms with van der Waals surface area (Å²) in [5.41, 5.74) is 0.